The number of nitrogens with one attached hydrogen (secondary N) is 1. The average molecular weight is 432 g/mol. The van der Waals surface area contributed by atoms with Crippen LogP contribution in [0.3, 0.4) is 0 Å². The van der Waals surface area contributed by atoms with Gasteiger partial charge in [0.2, 0.25) is 0 Å². The van der Waals surface area contributed by atoms with E-state index in [1.165, 1.54) is 19.1 Å². The van der Waals surface area contributed by atoms with Gasteiger partial charge in [0.15, 0.2) is 0 Å². The Morgan fingerprint density at radius 2 is 1.87 bits per heavy atom. The van der Waals surface area contributed by atoms with E-state index in [0.29, 0.717) is 0 Å². The van der Waals surface area contributed by atoms with Gasteiger partial charge in [-0.1, -0.05) is 25.1 Å². The molecule has 2 rings (SSSR count). The molecule has 2 N–H and O–H groups in total. The predicted octanol–water partition coefficient (Wildman–Crippen LogP) is 4.30. The first-order valence-electron chi connectivity index (χ1n) is 8.91. The van der Waals surface area contributed by atoms with Crippen molar-refractivity contribution in [1.82, 2.24) is 5.32 Å². The zero-order valence-corrected chi connectivity index (χ0v) is 16.9. The molecule has 0 spiro atoms. The maximum Gasteiger partial charge on any atom is 0.513 e. The van der Waals surface area contributed by atoms with Gasteiger partial charge >= 0.3 is 12.3 Å². The van der Waals surface area contributed by atoms with E-state index in [1.54, 1.807) is 13.8 Å². The van der Waals surface area contributed by atoms with Crippen LogP contribution < -0.4 is 5.32 Å². The van der Waals surface area contributed by atoms with Crippen LogP contribution in [0.5, 0.6) is 0 Å². The molecule has 0 fully saturated rings. The van der Waals surface area contributed by atoms with Gasteiger partial charge in [0.1, 0.15) is 11.7 Å². The summed E-state index contributed by atoms with van der Waals surface area (Å²) < 4.78 is 50.0. The van der Waals surface area contributed by atoms with Gasteiger partial charge < -0.3 is 19.9 Å². The first-order chi connectivity index (χ1) is 14.0. The van der Waals surface area contributed by atoms with E-state index in [0.717, 1.165) is 19.2 Å². The number of hydrogen-bond donors (Lipinski definition) is 2. The molecule has 1 aromatic carbocycles. The number of benzene rings is 1. The molecule has 30 heavy (non-hydrogen) atoms. The minimum Gasteiger partial charge on any atom is -0.437 e. The number of methoxy groups -OCH3 is 1. The third kappa shape index (κ3) is 5.72. The van der Waals surface area contributed by atoms with E-state index in [1.807, 2.05) is 0 Å². The van der Waals surface area contributed by atoms with Crippen LogP contribution in [0, 0.1) is 10.1 Å². The molecule has 1 atom stereocenters. The second-order valence-corrected chi connectivity index (χ2v) is 5.98. The molecule has 0 bridgehead atoms. The summed E-state index contributed by atoms with van der Waals surface area (Å²) in [5, 5.41) is 22.0. The van der Waals surface area contributed by atoms with Gasteiger partial charge in [0, 0.05) is 6.61 Å². The normalized spacial score (nSPS) is 16.3. The van der Waals surface area contributed by atoms with Crippen molar-refractivity contribution in [1.29, 1.82) is 0 Å². The van der Waals surface area contributed by atoms with E-state index in [2.05, 4.69) is 10.1 Å². The number of nitro groups is 1. The van der Waals surface area contributed by atoms with Crippen LogP contribution in [0.4, 0.5) is 18.0 Å². The summed E-state index contributed by atoms with van der Waals surface area (Å²) in [6.07, 6.45) is -5.77. The van der Waals surface area contributed by atoms with Crippen molar-refractivity contribution < 1.29 is 37.5 Å². The number of alkyl halides is 3. The fourth-order valence-corrected chi connectivity index (χ4v) is 2.91. The van der Waals surface area contributed by atoms with E-state index in [-0.39, 0.29) is 35.7 Å². The van der Waals surface area contributed by atoms with Crippen molar-refractivity contribution in [2.45, 2.75) is 39.3 Å². The van der Waals surface area contributed by atoms with E-state index < -0.39 is 34.4 Å². The van der Waals surface area contributed by atoms with Gasteiger partial charge in [0.05, 0.1) is 29.0 Å². The number of carbonyl (C=O) groups is 1. The highest BCUT2D eigenvalue weighted by Gasteiger charge is 2.45. The van der Waals surface area contributed by atoms with Gasteiger partial charge in [-0.15, -0.1) is 0 Å². The highest BCUT2D eigenvalue weighted by molar-refractivity contribution is 5.63. The number of rotatable bonds is 4. The Hall–Kier alpha value is -3.08. The van der Waals surface area contributed by atoms with Crippen molar-refractivity contribution in [2.75, 3.05) is 13.7 Å². The van der Waals surface area contributed by atoms with Crippen molar-refractivity contribution in [3.63, 3.8) is 0 Å². The fraction of sp³-hybridized carbons (Fsp3) is 0.421. The molecule has 166 valence electrons. The summed E-state index contributed by atoms with van der Waals surface area (Å²) in [5.41, 5.74) is -1.63. The van der Waals surface area contributed by atoms with Crippen LogP contribution in [0.15, 0.2) is 47.1 Å². The fourth-order valence-electron chi connectivity index (χ4n) is 2.91. The number of dihydropyridines is 1. The van der Waals surface area contributed by atoms with Crippen molar-refractivity contribution >= 4 is 6.16 Å². The summed E-state index contributed by atoms with van der Waals surface area (Å²) in [6.45, 7) is 5.01. The predicted molar refractivity (Wildman–Crippen MR) is 101 cm³/mol. The van der Waals surface area contributed by atoms with E-state index in [4.69, 9.17) is 9.84 Å². The van der Waals surface area contributed by atoms with Crippen molar-refractivity contribution in [2.24, 2.45) is 0 Å². The van der Waals surface area contributed by atoms with Crippen LogP contribution in [0.2, 0.25) is 0 Å². The highest BCUT2D eigenvalue weighted by Crippen LogP contribution is 2.44. The van der Waals surface area contributed by atoms with Crippen LogP contribution >= 0.6 is 0 Å². The Labute approximate surface area is 171 Å². The van der Waals surface area contributed by atoms with E-state index >= 15 is 0 Å². The number of nitrogens with zero attached hydrogens (tertiary/aromatic N) is 1. The smallest absolute Gasteiger partial charge is 0.437 e. The Kier molecular flexibility index (Phi) is 8.84. The standard InChI is InChI=1S/C17H17F3N2O5.C2H6O/c1-4-12-14(22(24)25)13(15(9(2)21-12)27-16(23)26-3)10-7-5-6-8-11(10)17(18,19)20;1-2-3/h5-8,13,21H,4H2,1-3H3;3H,2H2,1H3. The summed E-state index contributed by atoms with van der Waals surface area (Å²) in [4.78, 5) is 22.5. The molecular formula is C19H23F3N2O6. The van der Waals surface area contributed by atoms with Crippen molar-refractivity contribution in [3.05, 3.63) is 68.4 Å². The molecule has 0 radical (unpaired) electrons. The summed E-state index contributed by atoms with van der Waals surface area (Å²) in [5.74, 6) is -1.85. The molecule has 0 aromatic heterocycles. The Balaban J connectivity index is 0.00000141. The molecule has 11 heteroatoms. The third-order valence-corrected chi connectivity index (χ3v) is 4.04. The lowest BCUT2D eigenvalue weighted by Crippen LogP contribution is -2.31. The number of ether oxygens (including phenoxy) is 2. The lowest BCUT2D eigenvalue weighted by Gasteiger charge is -2.28. The molecule has 1 heterocycles. The Bertz CT molecular complexity index is 849. The number of hydrogen-bond acceptors (Lipinski definition) is 7. The van der Waals surface area contributed by atoms with Crippen LogP contribution in [0.25, 0.3) is 0 Å². The van der Waals surface area contributed by atoms with Crippen LogP contribution in [-0.4, -0.2) is 29.9 Å². The van der Waals surface area contributed by atoms with Gasteiger partial charge in [-0.05, 0) is 31.9 Å². The minimum atomic E-state index is -4.75. The second kappa shape index (κ2) is 10.6. The maximum absolute atomic E-state index is 13.5. The first kappa shape index (κ1) is 25.0. The lowest BCUT2D eigenvalue weighted by molar-refractivity contribution is -0.431. The first-order valence-corrected chi connectivity index (χ1v) is 8.91. The third-order valence-electron chi connectivity index (χ3n) is 4.04. The average Bonchev–Trinajstić information content (AvgIpc) is 2.68. The minimum absolute atomic E-state index is 0.136. The summed E-state index contributed by atoms with van der Waals surface area (Å²) >= 11 is 0. The summed E-state index contributed by atoms with van der Waals surface area (Å²) in [6, 6.07) is 4.47. The topological polar surface area (TPSA) is 111 Å². The number of halogens is 3. The lowest BCUT2D eigenvalue weighted by atomic mass is 9.85. The monoisotopic (exact) mass is 432 g/mol. The molecule has 0 amide bonds. The van der Waals surface area contributed by atoms with Gasteiger partial charge in [0.25, 0.3) is 5.70 Å². The molecule has 8 nitrogen and oxygen atoms in total. The highest BCUT2D eigenvalue weighted by atomic mass is 19.4. The van der Waals surface area contributed by atoms with E-state index in [9.17, 15) is 28.1 Å². The molecule has 0 saturated heterocycles. The largest absolute Gasteiger partial charge is 0.513 e. The second-order valence-electron chi connectivity index (χ2n) is 5.98. The SMILES string of the molecule is CCC1=C([N+](=O)[O-])C(c2ccccc2C(F)(F)F)C(OC(=O)OC)=C(C)N1.CCO. The maximum atomic E-state index is 13.5. The Morgan fingerprint density at radius 3 is 2.33 bits per heavy atom. The zero-order valence-electron chi connectivity index (χ0n) is 16.9. The molecular weight excluding hydrogens is 409 g/mol. The van der Waals surface area contributed by atoms with Crippen molar-refractivity contribution in [3.8, 4) is 0 Å². The zero-order chi connectivity index (χ0) is 23.1. The number of aliphatic hydroxyl groups excluding tert-OH is 1. The molecule has 0 aliphatic carbocycles. The van der Waals surface area contributed by atoms with Gasteiger partial charge in [-0.3, -0.25) is 10.1 Å². The number of aliphatic hydroxyl groups is 1. The quantitative estimate of drug-likeness (QED) is 0.414. The molecule has 1 aromatic rings. The van der Waals surface area contributed by atoms with Gasteiger partial charge in [-0.2, -0.15) is 13.2 Å². The molecule has 1 aliphatic rings. The number of allylic oxidation sites excluding steroid dienone is 2. The van der Waals surface area contributed by atoms with Gasteiger partial charge in [-0.25, -0.2) is 4.79 Å². The number of carbonyl (C=O) groups excluding carboxylic acids is 1. The molecule has 1 aliphatic heterocycles. The van der Waals surface area contributed by atoms with Crippen LogP contribution in [0.1, 0.15) is 44.2 Å². The Morgan fingerprint density at radius 1 is 1.30 bits per heavy atom. The van der Waals surface area contributed by atoms with Crippen LogP contribution in [-0.2, 0) is 15.7 Å². The molecule has 1 unspecified atom stereocenters. The summed E-state index contributed by atoms with van der Waals surface area (Å²) in [7, 11) is 1.02. The molecule has 0 saturated carbocycles.